The molecule has 0 N–H and O–H groups in total. The summed E-state index contributed by atoms with van der Waals surface area (Å²) in [6.45, 7) is 3.34. The minimum absolute atomic E-state index is 0.0798. The number of benzene rings is 2. The Morgan fingerprint density at radius 3 is 2.42 bits per heavy atom. The molecule has 1 saturated heterocycles. The lowest BCUT2D eigenvalue weighted by atomic mass is 9.95. The molecule has 0 aliphatic carbocycles. The average Bonchev–Trinajstić information content (AvgIpc) is 2.69. The van der Waals surface area contributed by atoms with E-state index in [-0.39, 0.29) is 18.1 Å². The van der Waals surface area contributed by atoms with Crippen LogP contribution in [0.25, 0.3) is 0 Å². The van der Waals surface area contributed by atoms with Gasteiger partial charge in [-0.25, -0.2) is 0 Å². The first-order chi connectivity index (χ1) is 12.7. The third kappa shape index (κ3) is 4.44. The summed E-state index contributed by atoms with van der Waals surface area (Å²) in [5.41, 5.74) is 2.28. The molecule has 0 bridgehead atoms. The number of ether oxygens (including phenoxy) is 2. The van der Waals surface area contributed by atoms with Crippen molar-refractivity contribution >= 4 is 5.91 Å². The number of rotatable bonds is 7. The second-order valence-corrected chi connectivity index (χ2v) is 6.72. The van der Waals surface area contributed by atoms with Gasteiger partial charge < -0.3 is 14.4 Å². The highest BCUT2D eigenvalue weighted by Crippen LogP contribution is 2.27. The number of carbonyl (C=O) groups is 1. The van der Waals surface area contributed by atoms with E-state index in [4.69, 9.17) is 9.47 Å². The second-order valence-electron chi connectivity index (χ2n) is 6.72. The second kappa shape index (κ2) is 8.86. The lowest BCUT2D eigenvalue weighted by molar-refractivity contribution is -0.146. The SMILES string of the molecule is CC[C@@H]1[C@@H](OCc2ccccc2)CCC(=O)N1Cc1ccc(OC)cc1. The maximum Gasteiger partial charge on any atom is 0.223 e. The van der Waals surface area contributed by atoms with Crippen LogP contribution in [0, 0.1) is 0 Å². The Morgan fingerprint density at radius 1 is 1.04 bits per heavy atom. The van der Waals surface area contributed by atoms with Gasteiger partial charge in [0, 0.05) is 13.0 Å². The Hall–Kier alpha value is -2.33. The number of likely N-dealkylation sites (tertiary alicyclic amines) is 1. The number of methoxy groups -OCH3 is 1. The van der Waals surface area contributed by atoms with E-state index in [2.05, 4.69) is 19.1 Å². The van der Waals surface area contributed by atoms with E-state index in [0.29, 0.717) is 19.6 Å². The van der Waals surface area contributed by atoms with Crippen LogP contribution in [0.4, 0.5) is 0 Å². The van der Waals surface area contributed by atoms with Gasteiger partial charge >= 0.3 is 0 Å². The molecule has 138 valence electrons. The van der Waals surface area contributed by atoms with E-state index in [0.717, 1.165) is 24.2 Å². The summed E-state index contributed by atoms with van der Waals surface area (Å²) >= 11 is 0. The zero-order valence-corrected chi connectivity index (χ0v) is 15.6. The Balaban J connectivity index is 1.67. The normalized spacial score (nSPS) is 20.2. The number of piperidine rings is 1. The highest BCUT2D eigenvalue weighted by Gasteiger charge is 2.35. The van der Waals surface area contributed by atoms with Crippen molar-refractivity contribution in [3.63, 3.8) is 0 Å². The van der Waals surface area contributed by atoms with Crippen molar-refractivity contribution in [3.8, 4) is 5.75 Å². The first-order valence-corrected chi connectivity index (χ1v) is 9.29. The number of nitrogens with zero attached hydrogens (tertiary/aromatic N) is 1. The lowest BCUT2D eigenvalue weighted by Gasteiger charge is -2.40. The summed E-state index contributed by atoms with van der Waals surface area (Å²) in [5, 5.41) is 0. The van der Waals surface area contributed by atoms with Crippen molar-refractivity contribution in [2.45, 2.75) is 51.5 Å². The van der Waals surface area contributed by atoms with Crippen LogP contribution < -0.4 is 4.74 Å². The molecule has 0 spiro atoms. The molecular formula is C22H27NO3. The van der Waals surface area contributed by atoms with E-state index in [1.807, 2.05) is 47.4 Å². The predicted octanol–water partition coefficient (Wildman–Crippen LogP) is 4.18. The Morgan fingerprint density at radius 2 is 1.77 bits per heavy atom. The Labute approximate surface area is 155 Å². The van der Waals surface area contributed by atoms with Crippen LogP contribution in [-0.4, -0.2) is 30.1 Å². The molecule has 2 aromatic rings. The van der Waals surface area contributed by atoms with Gasteiger partial charge in [-0.2, -0.15) is 0 Å². The topological polar surface area (TPSA) is 38.8 Å². The first-order valence-electron chi connectivity index (χ1n) is 9.29. The number of amides is 1. The summed E-state index contributed by atoms with van der Waals surface area (Å²) in [6, 6.07) is 18.2. The molecule has 0 radical (unpaired) electrons. The molecule has 4 heteroatoms. The monoisotopic (exact) mass is 353 g/mol. The van der Waals surface area contributed by atoms with Crippen LogP contribution in [0.3, 0.4) is 0 Å². The quantitative estimate of drug-likeness (QED) is 0.749. The molecule has 1 amide bonds. The summed E-state index contributed by atoms with van der Waals surface area (Å²) in [4.78, 5) is 14.5. The fraction of sp³-hybridized carbons (Fsp3) is 0.409. The minimum atomic E-state index is 0.0798. The Bertz CT molecular complexity index is 699. The van der Waals surface area contributed by atoms with Gasteiger partial charge in [-0.3, -0.25) is 4.79 Å². The van der Waals surface area contributed by atoms with Gasteiger partial charge in [-0.05, 0) is 36.1 Å². The van der Waals surface area contributed by atoms with E-state index in [1.54, 1.807) is 7.11 Å². The summed E-state index contributed by atoms with van der Waals surface area (Å²) in [7, 11) is 1.66. The molecule has 0 saturated carbocycles. The molecule has 0 unspecified atom stereocenters. The van der Waals surface area contributed by atoms with Crippen LogP contribution in [0.5, 0.6) is 5.75 Å². The molecule has 1 heterocycles. The Kier molecular flexibility index (Phi) is 6.29. The molecule has 1 aliphatic rings. The highest BCUT2D eigenvalue weighted by molar-refractivity contribution is 5.77. The molecule has 2 aromatic carbocycles. The predicted molar refractivity (Wildman–Crippen MR) is 102 cm³/mol. The summed E-state index contributed by atoms with van der Waals surface area (Å²) < 4.78 is 11.4. The zero-order chi connectivity index (χ0) is 18.4. The van der Waals surface area contributed by atoms with Crippen molar-refractivity contribution in [1.29, 1.82) is 0 Å². The van der Waals surface area contributed by atoms with E-state index in [1.165, 1.54) is 5.56 Å². The van der Waals surface area contributed by atoms with Crippen LogP contribution in [0.2, 0.25) is 0 Å². The van der Waals surface area contributed by atoms with Gasteiger partial charge in [0.15, 0.2) is 0 Å². The van der Waals surface area contributed by atoms with Gasteiger partial charge in [-0.15, -0.1) is 0 Å². The molecule has 4 nitrogen and oxygen atoms in total. The smallest absolute Gasteiger partial charge is 0.223 e. The van der Waals surface area contributed by atoms with Crippen LogP contribution in [-0.2, 0) is 22.7 Å². The summed E-state index contributed by atoms with van der Waals surface area (Å²) in [6.07, 6.45) is 2.31. The van der Waals surface area contributed by atoms with Crippen LogP contribution in [0.15, 0.2) is 54.6 Å². The van der Waals surface area contributed by atoms with Gasteiger partial charge in [0.1, 0.15) is 5.75 Å². The van der Waals surface area contributed by atoms with Gasteiger partial charge in [0.25, 0.3) is 0 Å². The van der Waals surface area contributed by atoms with Crippen molar-refractivity contribution < 1.29 is 14.3 Å². The third-order valence-corrected chi connectivity index (χ3v) is 5.03. The lowest BCUT2D eigenvalue weighted by Crippen LogP contribution is -2.51. The molecule has 2 atom stereocenters. The standard InChI is InChI=1S/C22H27NO3/c1-3-20-21(26-16-18-7-5-4-6-8-18)13-14-22(24)23(20)15-17-9-11-19(25-2)12-10-17/h4-12,20-21H,3,13-16H2,1-2H3/t20-,21+/m1/s1. The molecule has 26 heavy (non-hydrogen) atoms. The molecule has 0 aromatic heterocycles. The molecule has 3 rings (SSSR count). The van der Waals surface area contributed by atoms with Crippen molar-refractivity contribution in [3.05, 3.63) is 65.7 Å². The molecular weight excluding hydrogens is 326 g/mol. The largest absolute Gasteiger partial charge is 0.497 e. The zero-order valence-electron chi connectivity index (χ0n) is 15.6. The third-order valence-electron chi connectivity index (χ3n) is 5.03. The highest BCUT2D eigenvalue weighted by atomic mass is 16.5. The van der Waals surface area contributed by atoms with Gasteiger partial charge in [0.2, 0.25) is 5.91 Å². The van der Waals surface area contributed by atoms with E-state index < -0.39 is 0 Å². The summed E-state index contributed by atoms with van der Waals surface area (Å²) in [5.74, 6) is 1.04. The van der Waals surface area contributed by atoms with Crippen LogP contribution in [0.1, 0.15) is 37.3 Å². The average molecular weight is 353 g/mol. The first kappa shape index (κ1) is 18.5. The maximum absolute atomic E-state index is 12.6. The van der Waals surface area contributed by atoms with Gasteiger partial charge in [-0.1, -0.05) is 49.4 Å². The number of hydrogen-bond donors (Lipinski definition) is 0. The van der Waals surface area contributed by atoms with E-state index >= 15 is 0 Å². The fourth-order valence-electron chi connectivity index (χ4n) is 3.58. The van der Waals surface area contributed by atoms with Gasteiger partial charge in [0.05, 0.1) is 25.9 Å². The minimum Gasteiger partial charge on any atom is -0.497 e. The van der Waals surface area contributed by atoms with Crippen molar-refractivity contribution in [1.82, 2.24) is 4.90 Å². The van der Waals surface area contributed by atoms with Crippen LogP contribution >= 0.6 is 0 Å². The number of carbonyl (C=O) groups excluding carboxylic acids is 1. The van der Waals surface area contributed by atoms with Crippen molar-refractivity contribution in [2.24, 2.45) is 0 Å². The van der Waals surface area contributed by atoms with Crippen molar-refractivity contribution in [2.75, 3.05) is 7.11 Å². The van der Waals surface area contributed by atoms with E-state index in [9.17, 15) is 4.79 Å². The molecule has 1 fully saturated rings. The molecule has 1 aliphatic heterocycles. The maximum atomic E-state index is 12.6. The fourth-order valence-corrected chi connectivity index (χ4v) is 3.58. The number of hydrogen-bond acceptors (Lipinski definition) is 3.